The number of benzene rings is 1. The van der Waals surface area contributed by atoms with Gasteiger partial charge in [0.15, 0.2) is 0 Å². The van der Waals surface area contributed by atoms with Crippen LogP contribution in [0.5, 0.6) is 0 Å². The Kier molecular flexibility index (Phi) is 5.47. The Morgan fingerprint density at radius 3 is 2.65 bits per heavy atom. The highest BCUT2D eigenvalue weighted by Gasteiger charge is 2.30. The Morgan fingerprint density at radius 2 is 2.00 bits per heavy atom. The van der Waals surface area contributed by atoms with Crippen LogP contribution in [-0.4, -0.2) is 28.8 Å². The molecule has 4 nitrogen and oxygen atoms in total. The lowest BCUT2D eigenvalue weighted by Gasteiger charge is -2.12. The Morgan fingerprint density at radius 1 is 1.25 bits per heavy atom. The number of thioether (sulfide) groups is 1. The SMILES string of the molecule is O=C(CCSc1ccccc1)N[C@@H]1CC[C@H](C(=O)O)C1. The van der Waals surface area contributed by atoms with Gasteiger partial charge in [0.25, 0.3) is 0 Å². The molecular formula is C15H19NO3S. The van der Waals surface area contributed by atoms with E-state index in [1.54, 1.807) is 11.8 Å². The number of amides is 1. The van der Waals surface area contributed by atoms with Crippen molar-refractivity contribution in [3.8, 4) is 0 Å². The number of carboxylic acid groups (broad SMARTS) is 1. The predicted molar refractivity (Wildman–Crippen MR) is 78.7 cm³/mol. The second-order valence-corrected chi connectivity index (χ2v) is 6.19. The maximum Gasteiger partial charge on any atom is 0.306 e. The lowest BCUT2D eigenvalue weighted by atomic mass is 10.1. The molecule has 0 saturated heterocycles. The van der Waals surface area contributed by atoms with E-state index in [0.717, 1.165) is 17.1 Å². The lowest BCUT2D eigenvalue weighted by molar-refractivity contribution is -0.141. The van der Waals surface area contributed by atoms with Gasteiger partial charge in [0.2, 0.25) is 5.91 Å². The van der Waals surface area contributed by atoms with E-state index in [2.05, 4.69) is 5.32 Å². The summed E-state index contributed by atoms with van der Waals surface area (Å²) in [4.78, 5) is 23.8. The second-order valence-electron chi connectivity index (χ2n) is 5.02. The van der Waals surface area contributed by atoms with E-state index in [-0.39, 0.29) is 17.9 Å². The lowest BCUT2D eigenvalue weighted by Crippen LogP contribution is -2.33. The van der Waals surface area contributed by atoms with Gasteiger partial charge in [0.1, 0.15) is 0 Å². The molecule has 1 aromatic rings. The molecule has 1 amide bonds. The summed E-state index contributed by atoms with van der Waals surface area (Å²) in [6.45, 7) is 0. The van der Waals surface area contributed by atoms with Gasteiger partial charge in [0, 0.05) is 23.1 Å². The van der Waals surface area contributed by atoms with Gasteiger partial charge in [0.05, 0.1) is 5.92 Å². The first kappa shape index (κ1) is 14.9. The zero-order chi connectivity index (χ0) is 14.4. The van der Waals surface area contributed by atoms with Crippen LogP contribution in [0.3, 0.4) is 0 Å². The number of nitrogens with one attached hydrogen (secondary N) is 1. The van der Waals surface area contributed by atoms with Gasteiger partial charge in [-0.15, -0.1) is 11.8 Å². The van der Waals surface area contributed by atoms with E-state index >= 15 is 0 Å². The van der Waals surface area contributed by atoms with Crippen LogP contribution in [0.15, 0.2) is 35.2 Å². The molecule has 0 aromatic heterocycles. The van der Waals surface area contributed by atoms with Crippen molar-refractivity contribution in [1.82, 2.24) is 5.32 Å². The molecule has 1 saturated carbocycles. The first-order chi connectivity index (χ1) is 9.65. The average molecular weight is 293 g/mol. The van der Waals surface area contributed by atoms with Crippen LogP contribution >= 0.6 is 11.8 Å². The molecule has 0 aliphatic heterocycles. The van der Waals surface area contributed by atoms with Crippen LogP contribution in [0.4, 0.5) is 0 Å². The summed E-state index contributed by atoms with van der Waals surface area (Å²) in [7, 11) is 0. The standard InChI is InChI=1S/C15H19NO3S/c17-14(8-9-20-13-4-2-1-3-5-13)16-12-7-6-11(10-12)15(18)19/h1-5,11-12H,6-10H2,(H,16,17)(H,18,19)/t11-,12+/m0/s1. The molecule has 1 aliphatic rings. The second kappa shape index (κ2) is 7.33. The van der Waals surface area contributed by atoms with Crippen LogP contribution < -0.4 is 5.32 Å². The van der Waals surface area contributed by atoms with Crippen molar-refractivity contribution in [2.24, 2.45) is 5.92 Å². The fourth-order valence-corrected chi connectivity index (χ4v) is 3.29. The van der Waals surface area contributed by atoms with Gasteiger partial charge < -0.3 is 10.4 Å². The van der Waals surface area contributed by atoms with E-state index < -0.39 is 5.97 Å². The molecule has 0 radical (unpaired) electrons. The highest BCUT2D eigenvalue weighted by atomic mass is 32.2. The van der Waals surface area contributed by atoms with Gasteiger partial charge in [-0.2, -0.15) is 0 Å². The number of aliphatic carboxylic acids is 1. The van der Waals surface area contributed by atoms with Crippen molar-refractivity contribution in [3.05, 3.63) is 30.3 Å². The summed E-state index contributed by atoms with van der Waals surface area (Å²) in [5.41, 5.74) is 0. The normalized spacial score (nSPS) is 21.6. The summed E-state index contributed by atoms with van der Waals surface area (Å²) in [5, 5.41) is 11.9. The average Bonchev–Trinajstić information content (AvgIpc) is 2.88. The summed E-state index contributed by atoms with van der Waals surface area (Å²) in [6.07, 6.45) is 2.47. The third-order valence-corrected chi connectivity index (χ3v) is 4.50. The zero-order valence-corrected chi connectivity index (χ0v) is 12.1. The van der Waals surface area contributed by atoms with Crippen molar-refractivity contribution in [3.63, 3.8) is 0 Å². The monoisotopic (exact) mass is 293 g/mol. The summed E-state index contributed by atoms with van der Waals surface area (Å²) in [5.74, 6) is -0.282. The molecule has 20 heavy (non-hydrogen) atoms. The van der Waals surface area contributed by atoms with Gasteiger partial charge in [-0.1, -0.05) is 18.2 Å². The molecule has 1 aliphatic carbocycles. The maximum atomic E-state index is 11.8. The van der Waals surface area contributed by atoms with Crippen LogP contribution in [0.25, 0.3) is 0 Å². The predicted octanol–water partition coefficient (Wildman–Crippen LogP) is 2.54. The Labute approximate surface area is 123 Å². The molecule has 2 N–H and O–H groups in total. The molecule has 1 aromatic carbocycles. The van der Waals surface area contributed by atoms with E-state index in [1.807, 2.05) is 30.3 Å². The maximum absolute atomic E-state index is 11.8. The van der Waals surface area contributed by atoms with Crippen molar-refractivity contribution in [1.29, 1.82) is 0 Å². The van der Waals surface area contributed by atoms with Gasteiger partial charge in [-0.3, -0.25) is 9.59 Å². The Bertz CT molecular complexity index is 463. The van der Waals surface area contributed by atoms with Crippen LogP contribution in [-0.2, 0) is 9.59 Å². The number of carboxylic acids is 1. The van der Waals surface area contributed by atoms with E-state index in [4.69, 9.17) is 5.11 Å². The van der Waals surface area contributed by atoms with Crippen molar-refractivity contribution in [2.75, 3.05) is 5.75 Å². The summed E-state index contributed by atoms with van der Waals surface area (Å²) >= 11 is 1.66. The topological polar surface area (TPSA) is 66.4 Å². The number of carbonyl (C=O) groups excluding carboxylic acids is 1. The molecule has 108 valence electrons. The number of rotatable bonds is 6. The molecule has 5 heteroatoms. The van der Waals surface area contributed by atoms with E-state index in [9.17, 15) is 9.59 Å². The molecule has 2 atom stereocenters. The Hall–Kier alpha value is -1.49. The van der Waals surface area contributed by atoms with Crippen LogP contribution in [0.2, 0.25) is 0 Å². The largest absolute Gasteiger partial charge is 0.481 e. The van der Waals surface area contributed by atoms with E-state index in [0.29, 0.717) is 19.3 Å². The van der Waals surface area contributed by atoms with Gasteiger partial charge in [-0.25, -0.2) is 0 Å². The van der Waals surface area contributed by atoms with Crippen molar-refractivity contribution in [2.45, 2.75) is 36.6 Å². The number of hydrogen-bond donors (Lipinski definition) is 2. The quantitative estimate of drug-likeness (QED) is 0.791. The first-order valence-corrected chi connectivity index (χ1v) is 7.83. The smallest absolute Gasteiger partial charge is 0.306 e. The third kappa shape index (κ3) is 4.56. The number of carbonyl (C=O) groups is 2. The van der Waals surface area contributed by atoms with E-state index in [1.165, 1.54) is 0 Å². The molecule has 1 fully saturated rings. The van der Waals surface area contributed by atoms with Crippen molar-refractivity contribution >= 4 is 23.6 Å². The van der Waals surface area contributed by atoms with Crippen LogP contribution in [0, 0.1) is 5.92 Å². The molecule has 0 bridgehead atoms. The highest BCUT2D eigenvalue weighted by molar-refractivity contribution is 7.99. The summed E-state index contributed by atoms with van der Waals surface area (Å²) < 4.78 is 0. The molecule has 2 rings (SSSR count). The first-order valence-electron chi connectivity index (χ1n) is 6.85. The fourth-order valence-electron chi connectivity index (χ4n) is 2.42. The highest BCUT2D eigenvalue weighted by Crippen LogP contribution is 2.25. The fraction of sp³-hybridized carbons (Fsp3) is 0.467. The molecule has 0 unspecified atom stereocenters. The summed E-state index contributed by atoms with van der Waals surface area (Å²) in [6, 6.07) is 10.0. The molecule has 0 heterocycles. The molecule has 0 spiro atoms. The van der Waals surface area contributed by atoms with Gasteiger partial charge >= 0.3 is 5.97 Å². The zero-order valence-electron chi connectivity index (χ0n) is 11.2. The number of hydrogen-bond acceptors (Lipinski definition) is 3. The minimum Gasteiger partial charge on any atom is -0.481 e. The Balaban J connectivity index is 1.65. The minimum absolute atomic E-state index is 0.0180. The third-order valence-electron chi connectivity index (χ3n) is 3.49. The van der Waals surface area contributed by atoms with Crippen LogP contribution in [0.1, 0.15) is 25.7 Å². The molecular weight excluding hydrogens is 274 g/mol. The van der Waals surface area contributed by atoms with Gasteiger partial charge in [-0.05, 0) is 31.4 Å². The minimum atomic E-state index is -0.749. The van der Waals surface area contributed by atoms with Crippen molar-refractivity contribution < 1.29 is 14.7 Å².